The Bertz CT molecular complexity index is 369. The van der Waals surface area contributed by atoms with Crippen LogP contribution in [-0.4, -0.2) is 17.5 Å². The molecular formula is C16H25NS. The van der Waals surface area contributed by atoms with E-state index in [-0.39, 0.29) is 0 Å². The molecule has 18 heavy (non-hydrogen) atoms. The van der Waals surface area contributed by atoms with E-state index in [2.05, 4.69) is 62.1 Å². The van der Waals surface area contributed by atoms with E-state index >= 15 is 0 Å². The first-order chi connectivity index (χ1) is 8.59. The van der Waals surface area contributed by atoms with Crippen LogP contribution in [0.15, 0.2) is 24.3 Å². The summed E-state index contributed by atoms with van der Waals surface area (Å²) in [6.07, 6.45) is 3.68. The molecule has 1 aromatic rings. The molecule has 1 heterocycles. The lowest BCUT2D eigenvalue weighted by Gasteiger charge is -2.35. The molecule has 2 rings (SSSR count). The fraction of sp³-hybridized carbons (Fsp3) is 0.625. The molecule has 1 unspecified atom stereocenters. The first kappa shape index (κ1) is 13.8. The largest absolute Gasteiger partial charge is 0.381 e. The van der Waals surface area contributed by atoms with Crippen LogP contribution >= 0.6 is 11.8 Å². The summed E-state index contributed by atoms with van der Waals surface area (Å²) in [6.45, 7) is 6.98. The highest BCUT2D eigenvalue weighted by atomic mass is 32.2. The Morgan fingerprint density at radius 2 is 2.00 bits per heavy atom. The van der Waals surface area contributed by atoms with E-state index in [1.807, 2.05) is 0 Å². The number of hydrogen-bond acceptors (Lipinski definition) is 2. The van der Waals surface area contributed by atoms with Crippen molar-refractivity contribution in [1.29, 1.82) is 0 Å². The molecule has 0 amide bonds. The highest BCUT2D eigenvalue weighted by Gasteiger charge is 2.28. The molecule has 100 valence electrons. The van der Waals surface area contributed by atoms with E-state index in [0.29, 0.717) is 11.5 Å². The predicted octanol–water partition coefficient (Wildman–Crippen LogP) is 4.58. The summed E-state index contributed by atoms with van der Waals surface area (Å²) >= 11 is 2.08. The first-order valence-corrected chi connectivity index (χ1v) is 8.18. The lowest BCUT2D eigenvalue weighted by Crippen LogP contribution is -2.35. The van der Waals surface area contributed by atoms with Gasteiger partial charge in [-0.05, 0) is 41.7 Å². The number of hydrogen-bond donors (Lipinski definition) is 1. The number of anilines is 1. The normalized spacial score (nSPS) is 22.7. The van der Waals surface area contributed by atoms with Gasteiger partial charge < -0.3 is 5.32 Å². The van der Waals surface area contributed by atoms with Crippen molar-refractivity contribution in [3.63, 3.8) is 0 Å². The molecular weight excluding hydrogens is 238 g/mol. The molecule has 1 fully saturated rings. The molecule has 0 spiro atoms. The molecule has 1 saturated heterocycles. The zero-order valence-electron chi connectivity index (χ0n) is 11.8. The average Bonchev–Trinajstić information content (AvgIpc) is 2.31. The second-order valence-electron chi connectivity index (χ2n) is 6.17. The molecule has 1 nitrogen and oxygen atoms in total. The van der Waals surface area contributed by atoms with Crippen LogP contribution in [0.1, 0.15) is 39.2 Å². The van der Waals surface area contributed by atoms with Gasteiger partial charge in [0.1, 0.15) is 0 Å². The van der Waals surface area contributed by atoms with Crippen molar-refractivity contribution in [1.82, 2.24) is 0 Å². The number of nitrogens with one attached hydrogen (secondary N) is 1. The first-order valence-electron chi connectivity index (χ1n) is 7.02. The number of thioether (sulfide) groups is 1. The van der Waals surface area contributed by atoms with Crippen LogP contribution in [0.4, 0.5) is 5.69 Å². The van der Waals surface area contributed by atoms with Gasteiger partial charge in [-0.25, -0.2) is 0 Å². The summed E-state index contributed by atoms with van der Waals surface area (Å²) in [5, 5.41) is 3.68. The zero-order valence-corrected chi connectivity index (χ0v) is 12.6. The number of aryl methyl sites for hydroxylation is 1. The van der Waals surface area contributed by atoms with E-state index < -0.39 is 0 Å². The van der Waals surface area contributed by atoms with Gasteiger partial charge >= 0.3 is 0 Å². The van der Waals surface area contributed by atoms with Gasteiger partial charge in [0.15, 0.2) is 0 Å². The highest BCUT2D eigenvalue weighted by molar-refractivity contribution is 7.99. The van der Waals surface area contributed by atoms with Crippen molar-refractivity contribution in [2.45, 2.75) is 46.1 Å². The van der Waals surface area contributed by atoms with Gasteiger partial charge in [-0.15, -0.1) is 0 Å². The van der Waals surface area contributed by atoms with Gasteiger partial charge in [0.25, 0.3) is 0 Å². The van der Waals surface area contributed by atoms with E-state index in [4.69, 9.17) is 0 Å². The van der Waals surface area contributed by atoms with Crippen molar-refractivity contribution in [2.24, 2.45) is 5.41 Å². The van der Waals surface area contributed by atoms with Gasteiger partial charge in [-0.1, -0.05) is 39.3 Å². The third kappa shape index (κ3) is 3.94. The Balaban J connectivity index is 1.92. The zero-order chi connectivity index (χ0) is 13.0. The Morgan fingerprint density at radius 3 is 2.61 bits per heavy atom. The molecule has 2 heteroatoms. The van der Waals surface area contributed by atoms with E-state index in [0.717, 1.165) is 0 Å². The Hall–Kier alpha value is -0.630. The summed E-state index contributed by atoms with van der Waals surface area (Å²) in [5.41, 5.74) is 3.20. The molecule has 0 radical (unpaired) electrons. The SMILES string of the molecule is CCCc1ccc(NC2CSCC(C)(C)C2)cc1. The molecule has 1 aromatic carbocycles. The van der Waals surface area contributed by atoms with Gasteiger partial charge in [0, 0.05) is 17.5 Å². The summed E-state index contributed by atoms with van der Waals surface area (Å²) in [4.78, 5) is 0. The minimum absolute atomic E-state index is 0.475. The van der Waals surface area contributed by atoms with Crippen LogP contribution in [0.3, 0.4) is 0 Å². The number of rotatable bonds is 4. The minimum Gasteiger partial charge on any atom is -0.381 e. The Labute approximate surface area is 116 Å². The minimum atomic E-state index is 0.475. The van der Waals surface area contributed by atoms with Gasteiger partial charge in [-0.2, -0.15) is 11.8 Å². The summed E-state index contributed by atoms with van der Waals surface area (Å²) in [5.74, 6) is 2.53. The van der Waals surface area contributed by atoms with Crippen LogP contribution in [0, 0.1) is 5.41 Å². The smallest absolute Gasteiger partial charge is 0.0357 e. The summed E-state index contributed by atoms with van der Waals surface area (Å²) in [7, 11) is 0. The van der Waals surface area contributed by atoms with E-state index in [1.54, 1.807) is 0 Å². The van der Waals surface area contributed by atoms with Crippen LogP contribution in [0.25, 0.3) is 0 Å². The predicted molar refractivity (Wildman–Crippen MR) is 83.6 cm³/mol. The van der Waals surface area contributed by atoms with Crippen molar-refractivity contribution in [2.75, 3.05) is 16.8 Å². The third-order valence-electron chi connectivity index (χ3n) is 3.47. The standard InChI is InChI=1S/C16H25NS/c1-4-5-13-6-8-14(9-7-13)17-15-10-16(2,3)12-18-11-15/h6-9,15,17H,4-5,10-12H2,1-3H3. The molecule has 1 aliphatic heterocycles. The lowest BCUT2D eigenvalue weighted by molar-refractivity contribution is 0.358. The van der Waals surface area contributed by atoms with Crippen molar-refractivity contribution < 1.29 is 0 Å². The maximum Gasteiger partial charge on any atom is 0.0357 e. The topological polar surface area (TPSA) is 12.0 Å². The maximum absolute atomic E-state index is 3.68. The highest BCUT2D eigenvalue weighted by Crippen LogP contribution is 2.34. The molecule has 1 atom stereocenters. The van der Waals surface area contributed by atoms with Crippen molar-refractivity contribution in [3.05, 3.63) is 29.8 Å². The van der Waals surface area contributed by atoms with Crippen LogP contribution in [0.2, 0.25) is 0 Å². The van der Waals surface area contributed by atoms with Gasteiger partial charge in [0.2, 0.25) is 0 Å². The van der Waals surface area contributed by atoms with E-state index in [9.17, 15) is 0 Å². The van der Waals surface area contributed by atoms with Gasteiger partial charge in [0.05, 0.1) is 0 Å². The second kappa shape index (κ2) is 6.01. The van der Waals surface area contributed by atoms with Crippen molar-refractivity contribution >= 4 is 17.4 Å². The summed E-state index contributed by atoms with van der Waals surface area (Å²) < 4.78 is 0. The average molecular weight is 263 g/mol. The summed E-state index contributed by atoms with van der Waals surface area (Å²) in [6, 6.07) is 9.60. The molecule has 1 N–H and O–H groups in total. The van der Waals surface area contributed by atoms with Crippen LogP contribution < -0.4 is 5.32 Å². The molecule has 1 aliphatic rings. The quantitative estimate of drug-likeness (QED) is 0.853. The monoisotopic (exact) mass is 263 g/mol. The third-order valence-corrected chi connectivity index (χ3v) is 5.10. The van der Waals surface area contributed by atoms with Crippen LogP contribution in [-0.2, 0) is 6.42 Å². The fourth-order valence-electron chi connectivity index (χ4n) is 2.65. The molecule has 0 aromatic heterocycles. The van der Waals surface area contributed by atoms with Crippen molar-refractivity contribution in [3.8, 4) is 0 Å². The molecule has 0 saturated carbocycles. The molecule has 0 aliphatic carbocycles. The lowest BCUT2D eigenvalue weighted by atomic mass is 9.88. The number of benzene rings is 1. The maximum atomic E-state index is 3.68. The Morgan fingerprint density at radius 1 is 1.28 bits per heavy atom. The second-order valence-corrected chi connectivity index (χ2v) is 7.20. The Kier molecular flexibility index (Phi) is 4.60. The van der Waals surface area contributed by atoms with Crippen LogP contribution in [0.5, 0.6) is 0 Å². The fourth-order valence-corrected chi connectivity index (χ4v) is 3.92. The van der Waals surface area contributed by atoms with E-state index in [1.165, 1.54) is 42.0 Å². The molecule has 0 bridgehead atoms. The van der Waals surface area contributed by atoms with Gasteiger partial charge in [-0.3, -0.25) is 0 Å².